The number of amides is 2. The van der Waals surface area contributed by atoms with Gasteiger partial charge in [-0.15, -0.1) is 0 Å². The van der Waals surface area contributed by atoms with Crippen molar-refractivity contribution in [3.05, 3.63) is 34.6 Å². The summed E-state index contributed by atoms with van der Waals surface area (Å²) in [5.74, 6) is 0.00167. The van der Waals surface area contributed by atoms with Gasteiger partial charge in [0.2, 0.25) is 11.8 Å². The smallest absolute Gasteiger partial charge is 0.236 e. The van der Waals surface area contributed by atoms with Crippen molar-refractivity contribution in [2.45, 2.75) is 26.3 Å². The van der Waals surface area contributed by atoms with Gasteiger partial charge in [0.15, 0.2) is 0 Å². The van der Waals surface area contributed by atoms with Crippen LogP contribution in [0.5, 0.6) is 0 Å². The molecule has 5 nitrogen and oxygen atoms in total. The maximum atomic E-state index is 13.8. The van der Waals surface area contributed by atoms with Crippen LogP contribution in [0.1, 0.15) is 25.3 Å². The maximum Gasteiger partial charge on any atom is 0.236 e. The minimum Gasteiger partial charge on any atom is -0.356 e. The van der Waals surface area contributed by atoms with Gasteiger partial charge in [-0.1, -0.05) is 17.7 Å². The van der Waals surface area contributed by atoms with Crippen molar-refractivity contribution in [1.82, 2.24) is 15.1 Å². The van der Waals surface area contributed by atoms with E-state index >= 15 is 0 Å². The van der Waals surface area contributed by atoms with Crippen LogP contribution in [-0.4, -0.2) is 54.8 Å². The molecule has 1 aliphatic rings. The summed E-state index contributed by atoms with van der Waals surface area (Å²) in [7, 11) is 1.66. The van der Waals surface area contributed by atoms with E-state index in [1.165, 1.54) is 17.9 Å². The Labute approximate surface area is 153 Å². The molecule has 25 heavy (non-hydrogen) atoms. The van der Waals surface area contributed by atoms with Crippen LogP contribution in [-0.2, 0) is 16.1 Å². The number of carbonyl (C=O) groups is 2. The van der Waals surface area contributed by atoms with Gasteiger partial charge < -0.3 is 10.2 Å². The number of likely N-dealkylation sites (tertiary alicyclic amines) is 1. The minimum atomic E-state index is -0.397. The number of halogens is 2. The van der Waals surface area contributed by atoms with E-state index in [4.69, 9.17) is 11.6 Å². The van der Waals surface area contributed by atoms with E-state index in [0.717, 1.165) is 25.9 Å². The third-order valence-corrected chi connectivity index (χ3v) is 4.94. The molecule has 0 bridgehead atoms. The number of piperidine rings is 1. The van der Waals surface area contributed by atoms with Gasteiger partial charge >= 0.3 is 0 Å². The van der Waals surface area contributed by atoms with Crippen LogP contribution >= 0.6 is 11.6 Å². The molecule has 0 atom stereocenters. The summed E-state index contributed by atoms with van der Waals surface area (Å²) < 4.78 is 13.8. The van der Waals surface area contributed by atoms with Crippen LogP contribution in [0.2, 0.25) is 5.02 Å². The van der Waals surface area contributed by atoms with Crippen molar-refractivity contribution in [1.29, 1.82) is 0 Å². The number of benzene rings is 1. The Morgan fingerprint density at radius 2 is 2.04 bits per heavy atom. The molecule has 1 aromatic carbocycles. The molecule has 0 aliphatic carbocycles. The van der Waals surface area contributed by atoms with Crippen LogP contribution in [0, 0.1) is 11.7 Å². The molecular weight excluding hydrogens is 345 g/mol. The number of rotatable bonds is 6. The zero-order chi connectivity index (χ0) is 18.4. The van der Waals surface area contributed by atoms with Crippen molar-refractivity contribution in [3.8, 4) is 0 Å². The number of nitrogens with zero attached hydrogens (tertiary/aromatic N) is 2. The highest BCUT2D eigenvalue weighted by molar-refractivity contribution is 6.31. The summed E-state index contributed by atoms with van der Waals surface area (Å²) in [6, 6.07) is 4.52. The Kier molecular flexibility index (Phi) is 7.20. The van der Waals surface area contributed by atoms with Crippen molar-refractivity contribution >= 4 is 23.4 Å². The van der Waals surface area contributed by atoms with Gasteiger partial charge in [0.25, 0.3) is 0 Å². The van der Waals surface area contributed by atoms with E-state index in [0.29, 0.717) is 29.6 Å². The molecule has 1 aliphatic heterocycles. The third-order valence-electron chi connectivity index (χ3n) is 4.59. The Morgan fingerprint density at radius 3 is 2.64 bits per heavy atom. The molecule has 1 saturated heterocycles. The molecule has 0 radical (unpaired) electrons. The molecule has 1 aromatic rings. The predicted molar refractivity (Wildman–Crippen MR) is 95.7 cm³/mol. The van der Waals surface area contributed by atoms with E-state index in [9.17, 15) is 14.0 Å². The first-order chi connectivity index (χ1) is 11.9. The number of hydrogen-bond acceptors (Lipinski definition) is 3. The van der Waals surface area contributed by atoms with Crippen LogP contribution in [0.4, 0.5) is 4.39 Å². The first-order valence-electron chi connectivity index (χ1n) is 8.50. The Hall–Kier alpha value is -1.66. The van der Waals surface area contributed by atoms with E-state index in [1.807, 2.05) is 0 Å². The maximum absolute atomic E-state index is 13.8. The normalized spacial score (nSPS) is 15.8. The highest BCUT2D eigenvalue weighted by Crippen LogP contribution is 2.21. The standard InChI is InChI=1S/C18H25ClFN3O2/c1-13(24)21-10-14-6-8-23(9-7-14)12-18(25)22(2)11-15-16(19)4-3-5-17(15)20/h3-5,14H,6-12H2,1-2H3,(H,21,24). The number of carbonyl (C=O) groups excluding carboxylic acids is 2. The van der Waals surface area contributed by atoms with Gasteiger partial charge in [-0.25, -0.2) is 4.39 Å². The van der Waals surface area contributed by atoms with Gasteiger partial charge in [0.05, 0.1) is 6.54 Å². The molecule has 2 rings (SSSR count). The van der Waals surface area contributed by atoms with Crippen molar-refractivity contribution < 1.29 is 14.0 Å². The number of nitrogens with one attached hydrogen (secondary N) is 1. The van der Waals surface area contributed by atoms with Gasteiger partial charge in [-0.05, 0) is 44.0 Å². The fraction of sp³-hybridized carbons (Fsp3) is 0.556. The zero-order valence-corrected chi connectivity index (χ0v) is 15.5. The number of likely N-dealkylation sites (N-methyl/N-ethyl adjacent to an activating group) is 1. The molecule has 0 spiro atoms. The second-order valence-electron chi connectivity index (χ2n) is 6.61. The summed E-state index contributed by atoms with van der Waals surface area (Å²) in [4.78, 5) is 27.0. The average Bonchev–Trinajstić information content (AvgIpc) is 2.57. The van der Waals surface area contributed by atoms with Crippen molar-refractivity contribution in [2.24, 2.45) is 5.92 Å². The average molecular weight is 370 g/mol. The van der Waals surface area contributed by atoms with Crippen molar-refractivity contribution in [3.63, 3.8) is 0 Å². The van der Waals surface area contributed by atoms with Gasteiger partial charge in [0, 0.05) is 37.6 Å². The molecule has 1 N–H and O–H groups in total. The van der Waals surface area contributed by atoms with Crippen LogP contribution in [0.3, 0.4) is 0 Å². The summed E-state index contributed by atoms with van der Waals surface area (Å²) >= 11 is 6.02. The first-order valence-corrected chi connectivity index (χ1v) is 8.88. The fourth-order valence-electron chi connectivity index (χ4n) is 2.96. The van der Waals surface area contributed by atoms with Crippen molar-refractivity contribution in [2.75, 3.05) is 33.2 Å². The second-order valence-corrected chi connectivity index (χ2v) is 7.01. The van der Waals surface area contributed by atoms with Crippen LogP contribution in [0.25, 0.3) is 0 Å². The quantitative estimate of drug-likeness (QED) is 0.837. The summed E-state index contributed by atoms with van der Waals surface area (Å²) in [6.45, 7) is 4.33. The van der Waals surface area contributed by atoms with Crippen LogP contribution in [0.15, 0.2) is 18.2 Å². The van der Waals surface area contributed by atoms with Gasteiger partial charge in [-0.2, -0.15) is 0 Å². The lowest BCUT2D eigenvalue weighted by Crippen LogP contribution is -2.43. The first kappa shape index (κ1) is 19.7. The third kappa shape index (κ3) is 5.97. The van der Waals surface area contributed by atoms with E-state index in [1.54, 1.807) is 19.2 Å². The molecule has 1 heterocycles. The largest absolute Gasteiger partial charge is 0.356 e. The topological polar surface area (TPSA) is 52.7 Å². The molecule has 2 amide bonds. The van der Waals surface area contributed by atoms with Crippen LogP contribution < -0.4 is 5.32 Å². The van der Waals surface area contributed by atoms with Gasteiger partial charge in [0.1, 0.15) is 5.82 Å². The van der Waals surface area contributed by atoms with E-state index in [2.05, 4.69) is 10.2 Å². The minimum absolute atomic E-state index is 0.00830. The summed E-state index contributed by atoms with van der Waals surface area (Å²) in [6.07, 6.45) is 1.91. The molecule has 1 fully saturated rings. The number of hydrogen-bond donors (Lipinski definition) is 1. The molecule has 138 valence electrons. The summed E-state index contributed by atoms with van der Waals surface area (Å²) in [5.41, 5.74) is 0.342. The lowest BCUT2D eigenvalue weighted by molar-refractivity contribution is -0.132. The molecule has 7 heteroatoms. The summed E-state index contributed by atoms with van der Waals surface area (Å²) in [5, 5.41) is 3.18. The predicted octanol–water partition coefficient (Wildman–Crippen LogP) is 2.29. The Bertz CT molecular complexity index is 598. The highest BCUT2D eigenvalue weighted by Gasteiger charge is 2.22. The molecular formula is C18H25ClFN3O2. The highest BCUT2D eigenvalue weighted by atomic mass is 35.5. The lowest BCUT2D eigenvalue weighted by atomic mass is 9.97. The lowest BCUT2D eigenvalue weighted by Gasteiger charge is -2.32. The fourth-order valence-corrected chi connectivity index (χ4v) is 3.18. The van der Waals surface area contributed by atoms with E-state index in [-0.39, 0.29) is 18.4 Å². The molecule has 0 unspecified atom stereocenters. The van der Waals surface area contributed by atoms with E-state index < -0.39 is 5.82 Å². The Morgan fingerprint density at radius 1 is 1.36 bits per heavy atom. The SMILES string of the molecule is CC(=O)NCC1CCN(CC(=O)N(C)Cc2c(F)cccc2Cl)CC1. The van der Waals surface area contributed by atoms with Gasteiger partial charge in [-0.3, -0.25) is 14.5 Å². The second kappa shape index (κ2) is 9.15. The molecule has 0 aromatic heterocycles. The molecule has 0 saturated carbocycles. The zero-order valence-electron chi connectivity index (χ0n) is 14.7. The monoisotopic (exact) mass is 369 g/mol. The Balaban J connectivity index is 1.79.